The number of rotatable bonds is 2. The topological polar surface area (TPSA) is 0 Å². The summed E-state index contributed by atoms with van der Waals surface area (Å²) in [5.74, 6) is 0. The third-order valence-corrected chi connectivity index (χ3v) is 1.66. The molecule has 0 rings (SSSR count). The van der Waals surface area contributed by atoms with Crippen molar-refractivity contribution in [2.24, 2.45) is 0 Å². The molecule has 0 amide bonds. The zero-order chi connectivity index (χ0) is 4.12. The van der Waals surface area contributed by atoms with E-state index in [1.165, 1.54) is 12.8 Å². The Morgan fingerprint density at radius 1 is 1.80 bits per heavy atom. The maximum atomic E-state index is 2.35. The maximum absolute atomic E-state index is 2.35. The molecular formula is C4H8Cd. The summed E-state index contributed by atoms with van der Waals surface area (Å²) in [6.45, 7) is 2.21. The first kappa shape index (κ1) is 5.79. The monoisotopic (exact) mass is 170 g/mol. The molecule has 0 saturated carbocycles. The van der Waals surface area contributed by atoms with E-state index in [0.29, 0.717) is 0 Å². The summed E-state index contributed by atoms with van der Waals surface area (Å²) in [5.41, 5.74) is 0. The van der Waals surface area contributed by atoms with Gasteiger partial charge in [-0.2, -0.15) is 0 Å². The summed E-state index contributed by atoms with van der Waals surface area (Å²) in [4.78, 5) is 0. The van der Waals surface area contributed by atoms with E-state index in [2.05, 4.69) is 10.5 Å². The molecule has 0 unspecified atom stereocenters. The van der Waals surface area contributed by atoms with Crippen molar-refractivity contribution in [3.63, 3.8) is 0 Å². The Balaban J connectivity index is 2.40. The van der Waals surface area contributed by atoms with Gasteiger partial charge in [0, 0.05) is 0 Å². The first-order valence-corrected chi connectivity index (χ1v) is 4.35. The van der Waals surface area contributed by atoms with Crippen LogP contribution in [0.2, 0.25) is 0 Å². The molecule has 0 aliphatic heterocycles. The number of unbranched alkanes of at least 4 members (excludes halogenated alkanes) is 1. The first-order chi connectivity index (χ1) is 2.41. The Kier molecular flexibility index (Phi) is 5.55. The molecule has 5 heavy (non-hydrogen) atoms. The van der Waals surface area contributed by atoms with Crippen molar-refractivity contribution in [2.45, 2.75) is 19.8 Å². The van der Waals surface area contributed by atoms with E-state index in [0.717, 1.165) is 25.3 Å². The molecule has 0 heterocycles. The molecule has 0 spiro atoms. The predicted octanol–water partition coefficient (Wildman–Crippen LogP) is 1.14. The molecule has 26 valence electrons. The zero-order valence-electron chi connectivity index (χ0n) is 3.70. The molecule has 0 atom stereocenters. The second kappa shape index (κ2) is 4.79. The third kappa shape index (κ3) is 4.79. The molecule has 0 aromatic heterocycles. The van der Waals surface area contributed by atoms with E-state index in [9.17, 15) is 0 Å². The number of hydrogen-bond acceptors (Lipinski definition) is 0. The Morgan fingerprint density at radius 2 is 2.40 bits per heavy atom. The Hall–Kier alpha value is 0.792. The van der Waals surface area contributed by atoms with Crippen molar-refractivity contribution in [1.29, 1.82) is 0 Å². The van der Waals surface area contributed by atoms with Crippen LogP contribution < -0.4 is 0 Å². The van der Waals surface area contributed by atoms with Gasteiger partial charge < -0.3 is 0 Å². The average Bonchev–Trinajstić information content (AvgIpc) is 1.41. The summed E-state index contributed by atoms with van der Waals surface area (Å²) < 4.78 is 2.35. The fourth-order valence-corrected chi connectivity index (χ4v) is 1.37. The Labute approximate surface area is 48.7 Å². The van der Waals surface area contributed by atoms with Gasteiger partial charge in [-0.25, -0.2) is 0 Å². The van der Waals surface area contributed by atoms with Gasteiger partial charge >= 0.3 is 48.6 Å². The summed E-state index contributed by atoms with van der Waals surface area (Å²) in [6.07, 6.45) is 2.67. The van der Waals surface area contributed by atoms with E-state index in [-0.39, 0.29) is 0 Å². The second-order valence-corrected chi connectivity index (χ2v) is 2.73. The van der Waals surface area contributed by atoms with E-state index < -0.39 is 0 Å². The molecule has 0 radical (unpaired) electrons. The molecule has 0 aliphatic carbocycles. The molecule has 0 aromatic rings. The first-order valence-electron chi connectivity index (χ1n) is 2.02. The van der Waals surface area contributed by atoms with Gasteiger partial charge in [-0.05, 0) is 0 Å². The van der Waals surface area contributed by atoms with Gasteiger partial charge in [-0.15, -0.1) is 0 Å². The van der Waals surface area contributed by atoms with Gasteiger partial charge in [0.2, 0.25) is 0 Å². The van der Waals surface area contributed by atoms with Crippen LogP contribution in [-0.2, 0) is 25.3 Å². The van der Waals surface area contributed by atoms with E-state index in [1.54, 1.807) is 0 Å². The van der Waals surface area contributed by atoms with Gasteiger partial charge in [0.25, 0.3) is 0 Å². The summed E-state index contributed by atoms with van der Waals surface area (Å²) in [6, 6.07) is 0. The van der Waals surface area contributed by atoms with Gasteiger partial charge in [0.05, 0.1) is 0 Å². The predicted molar refractivity (Wildman–Crippen MR) is 21.0 cm³/mol. The SMILES string of the molecule is CCC[CH]=[Cd]. The molecule has 0 fully saturated rings. The van der Waals surface area contributed by atoms with Crippen LogP contribution in [0, 0.1) is 0 Å². The fourth-order valence-electron chi connectivity index (χ4n) is 0.204. The van der Waals surface area contributed by atoms with Crippen LogP contribution >= 0.6 is 0 Å². The van der Waals surface area contributed by atoms with E-state index >= 15 is 0 Å². The van der Waals surface area contributed by atoms with Gasteiger partial charge in [-0.3, -0.25) is 0 Å². The minimum atomic E-state index is 1.09. The van der Waals surface area contributed by atoms with Crippen molar-refractivity contribution >= 4 is 3.56 Å². The van der Waals surface area contributed by atoms with E-state index in [4.69, 9.17) is 0 Å². The third-order valence-electron chi connectivity index (χ3n) is 0.493. The zero-order valence-corrected chi connectivity index (χ0v) is 7.73. The molecular weight excluding hydrogens is 160 g/mol. The van der Waals surface area contributed by atoms with Crippen LogP contribution in [-0.4, -0.2) is 3.56 Å². The van der Waals surface area contributed by atoms with Crippen LogP contribution in [0.4, 0.5) is 0 Å². The second-order valence-electron chi connectivity index (χ2n) is 1.08. The fraction of sp³-hybridized carbons (Fsp3) is 0.750. The van der Waals surface area contributed by atoms with Gasteiger partial charge in [0.15, 0.2) is 0 Å². The summed E-state index contributed by atoms with van der Waals surface area (Å²) >= 11 is 1.09. The summed E-state index contributed by atoms with van der Waals surface area (Å²) in [5, 5.41) is 0. The minimum absolute atomic E-state index is 1.09. The normalized spacial score (nSPS) is 7.80. The Morgan fingerprint density at radius 3 is 2.40 bits per heavy atom. The Bertz CT molecular complexity index is 24.8. The van der Waals surface area contributed by atoms with Crippen molar-refractivity contribution < 1.29 is 25.3 Å². The van der Waals surface area contributed by atoms with Crippen LogP contribution in [0.5, 0.6) is 0 Å². The van der Waals surface area contributed by atoms with Crippen molar-refractivity contribution in [2.75, 3.05) is 0 Å². The van der Waals surface area contributed by atoms with Crippen molar-refractivity contribution in [3.05, 3.63) is 0 Å². The molecule has 0 aromatic carbocycles. The number of hydrogen-bond donors (Lipinski definition) is 0. The summed E-state index contributed by atoms with van der Waals surface area (Å²) in [7, 11) is 0. The van der Waals surface area contributed by atoms with Crippen molar-refractivity contribution in [3.8, 4) is 0 Å². The van der Waals surface area contributed by atoms with E-state index in [1.807, 2.05) is 0 Å². The van der Waals surface area contributed by atoms with Gasteiger partial charge in [-0.1, -0.05) is 0 Å². The average molecular weight is 169 g/mol. The molecule has 0 nitrogen and oxygen atoms in total. The van der Waals surface area contributed by atoms with Crippen LogP contribution in [0.25, 0.3) is 0 Å². The van der Waals surface area contributed by atoms with Crippen molar-refractivity contribution in [1.82, 2.24) is 0 Å². The molecule has 1 heteroatoms. The van der Waals surface area contributed by atoms with Crippen LogP contribution in [0.1, 0.15) is 19.8 Å². The standard InChI is InChI=1S/C4H8.Cd/c1-3-4-2;/h1H,3-4H2,2H3;. The molecule has 0 N–H and O–H groups in total. The molecule has 0 bridgehead atoms. The molecule has 0 aliphatic rings. The van der Waals surface area contributed by atoms with Crippen LogP contribution in [0.3, 0.4) is 0 Å². The molecule has 0 saturated heterocycles. The van der Waals surface area contributed by atoms with Crippen LogP contribution in [0.15, 0.2) is 0 Å². The quantitative estimate of drug-likeness (QED) is 0.543. The van der Waals surface area contributed by atoms with Gasteiger partial charge in [0.1, 0.15) is 0 Å².